The molecule has 2 aliphatic rings. The lowest BCUT2D eigenvalue weighted by molar-refractivity contribution is -0.139. The van der Waals surface area contributed by atoms with E-state index in [0.29, 0.717) is 28.9 Å². The van der Waals surface area contributed by atoms with Gasteiger partial charge >= 0.3 is 0 Å². The van der Waals surface area contributed by atoms with E-state index in [1.807, 2.05) is 42.5 Å². The van der Waals surface area contributed by atoms with Gasteiger partial charge in [0.05, 0.1) is 42.2 Å². The molecule has 43 heavy (non-hydrogen) atoms. The maximum Gasteiger partial charge on any atom is 0.279 e. The Bertz CT molecular complexity index is 1760. The van der Waals surface area contributed by atoms with Crippen LogP contribution in [-0.4, -0.2) is 55.9 Å². The Balaban J connectivity index is 1.20. The second-order valence-corrected chi connectivity index (χ2v) is 11.3. The number of amides is 2. The Kier molecular flexibility index (Phi) is 7.68. The first-order valence-electron chi connectivity index (χ1n) is 14.6. The summed E-state index contributed by atoms with van der Waals surface area (Å²) in [6, 6.07) is 21.7. The number of benzene rings is 3. The van der Waals surface area contributed by atoms with E-state index in [4.69, 9.17) is 0 Å². The topological polar surface area (TPSA) is 116 Å². The molecule has 3 heterocycles. The summed E-state index contributed by atoms with van der Waals surface area (Å²) in [4.78, 5) is 42.9. The normalized spacial score (nSPS) is 20.7. The van der Waals surface area contributed by atoms with E-state index in [9.17, 15) is 24.6 Å². The van der Waals surface area contributed by atoms with Gasteiger partial charge in [0, 0.05) is 29.8 Å². The van der Waals surface area contributed by atoms with Gasteiger partial charge in [-0.05, 0) is 42.7 Å². The molecule has 9 heteroatoms. The fourth-order valence-corrected chi connectivity index (χ4v) is 6.24. The zero-order valence-electron chi connectivity index (χ0n) is 24.0. The van der Waals surface area contributed by atoms with E-state index in [2.05, 4.69) is 5.10 Å². The van der Waals surface area contributed by atoms with Crippen molar-refractivity contribution in [2.45, 2.75) is 44.4 Å². The third kappa shape index (κ3) is 5.04. The predicted molar refractivity (Wildman–Crippen MR) is 164 cm³/mol. The molecule has 4 aromatic rings. The molecule has 0 aliphatic carbocycles. The maximum atomic E-state index is 13.9. The van der Waals surface area contributed by atoms with Crippen molar-refractivity contribution in [3.8, 4) is 5.69 Å². The molecule has 2 aliphatic heterocycles. The number of para-hydroxylation sites is 1. The van der Waals surface area contributed by atoms with E-state index in [1.165, 1.54) is 4.68 Å². The first kappa shape index (κ1) is 28.5. The number of aliphatic hydroxyl groups excluding tert-OH is 1. The van der Waals surface area contributed by atoms with Gasteiger partial charge in [-0.3, -0.25) is 14.4 Å². The van der Waals surface area contributed by atoms with Crippen LogP contribution in [0.15, 0.2) is 95.9 Å². The molecule has 9 nitrogen and oxygen atoms in total. The van der Waals surface area contributed by atoms with Gasteiger partial charge in [-0.2, -0.15) is 9.78 Å². The van der Waals surface area contributed by atoms with Crippen LogP contribution in [0.5, 0.6) is 0 Å². The summed E-state index contributed by atoms with van der Waals surface area (Å²) in [6.07, 6.45) is 6.90. The molecule has 1 saturated heterocycles. The molecule has 0 spiro atoms. The highest BCUT2D eigenvalue weighted by Crippen LogP contribution is 2.45. The quantitative estimate of drug-likeness (QED) is 0.308. The molecule has 3 atom stereocenters. The van der Waals surface area contributed by atoms with Crippen molar-refractivity contribution < 1.29 is 19.8 Å². The van der Waals surface area contributed by atoms with Gasteiger partial charge in [0.15, 0.2) is 5.60 Å². The number of anilines is 1. The highest BCUT2D eigenvalue weighted by atomic mass is 16.3. The van der Waals surface area contributed by atoms with E-state index in [-0.39, 0.29) is 37.1 Å². The number of aromatic nitrogens is 2. The van der Waals surface area contributed by atoms with E-state index in [1.54, 1.807) is 65.4 Å². The Labute approximate surface area is 249 Å². The average molecular weight is 579 g/mol. The predicted octanol–water partition coefficient (Wildman–Crippen LogP) is 3.69. The highest BCUT2D eigenvalue weighted by Gasteiger charge is 2.52. The van der Waals surface area contributed by atoms with Crippen LogP contribution >= 0.6 is 0 Å². The van der Waals surface area contributed by atoms with E-state index in [0.717, 1.165) is 23.8 Å². The van der Waals surface area contributed by atoms with Crippen LogP contribution in [-0.2, 0) is 21.7 Å². The minimum atomic E-state index is -1.79. The molecule has 0 saturated carbocycles. The Morgan fingerprint density at radius 1 is 1.07 bits per heavy atom. The summed E-state index contributed by atoms with van der Waals surface area (Å²) in [6.45, 7) is 2.59. The number of carbonyl (C=O) groups excluding carboxylic acids is 2. The fraction of sp³-hybridized carbons (Fsp3) is 0.294. The standard InChI is InChI=1S/C34H34N4O5/c1-23(8-6-14-31(40)36-19-7-10-27(36)22-39)34(43)29-12-4-5-13-30(29)37(33(34)42)21-24-15-17-26(18-16-24)38-32(41)28-11-3-2-9-25(28)20-35-38/h2-6,8-9,11-13,15-18,20,23,27,39,43H,7,10,14,19,21-22H2,1H3/b8-6+/t23-,27+,34+/m1/s1. The van der Waals surface area contributed by atoms with Gasteiger partial charge in [0.25, 0.3) is 11.5 Å². The summed E-state index contributed by atoms with van der Waals surface area (Å²) in [5.41, 5.74) is 0.578. The number of hydrogen-bond donors (Lipinski definition) is 2. The smallest absolute Gasteiger partial charge is 0.279 e. The molecule has 2 amide bonds. The number of nitrogens with zero attached hydrogens (tertiary/aromatic N) is 4. The van der Waals surface area contributed by atoms with Gasteiger partial charge in [-0.15, -0.1) is 0 Å². The Morgan fingerprint density at radius 3 is 2.60 bits per heavy atom. The lowest BCUT2D eigenvalue weighted by atomic mass is 9.83. The summed E-state index contributed by atoms with van der Waals surface area (Å²) in [5, 5.41) is 27.1. The average Bonchev–Trinajstić information content (AvgIpc) is 3.60. The van der Waals surface area contributed by atoms with Crippen LogP contribution in [0.3, 0.4) is 0 Å². The second kappa shape index (κ2) is 11.6. The first-order chi connectivity index (χ1) is 20.8. The summed E-state index contributed by atoms with van der Waals surface area (Å²) >= 11 is 0. The van der Waals surface area contributed by atoms with E-state index < -0.39 is 17.4 Å². The molecule has 3 aromatic carbocycles. The van der Waals surface area contributed by atoms with Crippen molar-refractivity contribution >= 4 is 28.3 Å². The zero-order valence-corrected chi connectivity index (χ0v) is 24.0. The Morgan fingerprint density at radius 2 is 1.81 bits per heavy atom. The third-order valence-electron chi connectivity index (χ3n) is 8.68. The van der Waals surface area contributed by atoms with Crippen LogP contribution in [0.25, 0.3) is 16.5 Å². The van der Waals surface area contributed by atoms with Crippen molar-refractivity contribution in [1.82, 2.24) is 14.7 Å². The SMILES string of the molecule is C[C@H](/C=C/CC(=O)N1CCC[C@H]1CO)[C@@]1(O)C(=O)N(Cc2ccc(-n3ncc4ccccc4c3=O)cc2)c2ccccc21. The van der Waals surface area contributed by atoms with Crippen molar-refractivity contribution in [1.29, 1.82) is 0 Å². The van der Waals surface area contributed by atoms with Gasteiger partial charge in [-0.1, -0.05) is 67.6 Å². The zero-order chi connectivity index (χ0) is 30.1. The molecule has 1 aromatic heterocycles. The molecule has 0 unspecified atom stereocenters. The monoisotopic (exact) mass is 578 g/mol. The molecule has 1 fully saturated rings. The van der Waals surface area contributed by atoms with Crippen molar-refractivity contribution in [2.24, 2.45) is 5.92 Å². The number of carbonyl (C=O) groups is 2. The third-order valence-corrected chi connectivity index (χ3v) is 8.68. The van der Waals surface area contributed by atoms with Gasteiger partial charge < -0.3 is 20.0 Å². The van der Waals surface area contributed by atoms with Crippen LogP contribution < -0.4 is 10.5 Å². The van der Waals surface area contributed by atoms with Crippen molar-refractivity contribution in [3.63, 3.8) is 0 Å². The van der Waals surface area contributed by atoms with Crippen LogP contribution in [0.4, 0.5) is 5.69 Å². The molecular formula is C34H34N4O5. The number of fused-ring (bicyclic) bond motifs is 2. The van der Waals surface area contributed by atoms with Gasteiger partial charge in [0.2, 0.25) is 5.91 Å². The van der Waals surface area contributed by atoms with Crippen molar-refractivity contribution in [3.05, 3.63) is 113 Å². The molecule has 0 radical (unpaired) electrons. The molecule has 0 bridgehead atoms. The lowest BCUT2D eigenvalue weighted by Gasteiger charge is -2.28. The summed E-state index contributed by atoms with van der Waals surface area (Å²) in [7, 11) is 0. The summed E-state index contributed by atoms with van der Waals surface area (Å²) < 4.78 is 1.35. The number of aliphatic hydroxyl groups is 2. The lowest BCUT2D eigenvalue weighted by Crippen LogP contribution is -2.44. The minimum absolute atomic E-state index is 0.0473. The number of rotatable bonds is 8. The second-order valence-electron chi connectivity index (χ2n) is 11.3. The van der Waals surface area contributed by atoms with Gasteiger partial charge in [0.1, 0.15) is 0 Å². The number of likely N-dealkylation sites (tertiary alicyclic amines) is 1. The largest absolute Gasteiger partial charge is 0.394 e. The highest BCUT2D eigenvalue weighted by molar-refractivity contribution is 6.07. The van der Waals surface area contributed by atoms with Crippen LogP contribution in [0, 0.1) is 5.92 Å². The molecule has 220 valence electrons. The molecule has 6 rings (SSSR count). The molecular weight excluding hydrogens is 544 g/mol. The minimum Gasteiger partial charge on any atom is -0.394 e. The first-order valence-corrected chi connectivity index (χ1v) is 14.6. The van der Waals surface area contributed by atoms with Crippen LogP contribution in [0.2, 0.25) is 0 Å². The van der Waals surface area contributed by atoms with Crippen molar-refractivity contribution in [2.75, 3.05) is 18.1 Å². The Hall–Kier alpha value is -4.60. The fourth-order valence-electron chi connectivity index (χ4n) is 6.24. The molecule has 2 N–H and O–H groups in total. The number of hydrogen-bond acceptors (Lipinski definition) is 6. The van der Waals surface area contributed by atoms with Gasteiger partial charge in [-0.25, -0.2) is 0 Å². The van der Waals surface area contributed by atoms with E-state index >= 15 is 0 Å². The summed E-state index contributed by atoms with van der Waals surface area (Å²) in [5.74, 6) is -1.11. The maximum absolute atomic E-state index is 13.9. The van der Waals surface area contributed by atoms with Crippen LogP contribution in [0.1, 0.15) is 37.3 Å².